The summed E-state index contributed by atoms with van der Waals surface area (Å²) >= 11 is 0. The van der Waals surface area contributed by atoms with Crippen molar-refractivity contribution in [1.82, 2.24) is 9.38 Å². The van der Waals surface area contributed by atoms with Crippen molar-refractivity contribution in [1.29, 1.82) is 0 Å². The van der Waals surface area contributed by atoms with Crippen molar-refractivity contribution in [2.45, 2.75) is 6.92 Å². The molecule has 4 aromatic rings. The Labute approximate surface area is 166 Å². The van der Waals surface area contributed by atoms with E-state index >= 15 is 0 Å². The molecule has 0 saturated carbocycles. The average molecular weight is 392 g/mol. The highest BCUT2D eigenvalue weighted by atomic mass is 19.1. The van der Waals surface area contributed by atoms with E-state index in [1.165, 1.54) is 7.05 Å². The van der Waals surface area contributed by atoms with Crippen molar-refractivity contribution < 1.29 is 13.6 Å². The van der Waals surface area contributed by atoms with Crippen LogP contribution < -0.4 is 10.6 Å². The third kappa shape index (κ3) is 3.67. The second-order valence-corrected chi connectivity index (χ2v) is 6.69. The lowest BCUT2D eigenvalue weighted by atomic mass is 10.1. The van der Waals surface area contributed by atoms with Crippen molar-refractivity contribution in [2.24, 2.45) is 0 Å². The zero-order valence-electron chi connectivity index (χ0n) is 15.8. The molecule has 0 fully saturated rings. The quantitative estimate of drug-likeness (QED) is 0.520. The molecule has 4 rings (SSSR count). The molecule has 0 aliphatic carbocycles. The lowest BCUT2D eigenvalue weighted by Gasteiger charge is -2.09. The van der Waals surface area contributed by atoms with E-state index in [9.17, 15) is 13.6 Å². The number of hydrogen-bond acceptors (Lipinski definition) is 3. The van der Waals surface area contributed by atoms with Crippen LogP contribution in [0.3, 0.4) is 0 Å². The molecule has 146 valence electrons. The number of amides is 1. The maximum atomic E-state index is 13.9. The van der Waals surface area contributed by atoms with E-state index in [-0.39, 0.29) is 11.3 Å². The summed E-state index contributed by atoms with van der Waals surface area (Å²) in [6.07, 6.45) is 3.93. The van der Waals surface area contributed by atoms with Crippen LogP contribution in [0.5, 0.6) is 0 Å². The number of nitrogens with zero attached hydrogens (tertiary/aromatic N) is 2. The summed E-state index contributed by atoms with van der Waals surface area (Å²) < 4.78 is 29.7. The smallest absolute Gasteiger partial charge is 0.255 e. The maximum Gasteiger partial charge on any atom is 0.255 e. The summed E-state index contributed by atoms with van der Waals surface area (Å²) in [5, 5.41) is 5.07. The number of anilines is 2. The molecular formula is C22H18F2N4O. The monoisotopic (exact) mass is 392 g/mol. The van der Waals surface area contributed by atoms with E-state index in [1.54, 1.807) is 12.1 Å². The molecule has 2 aromatic carbocycles. The third-order valence-corrected chi connectivity index (χ3v) is 4.59. The van der Waals surface area contributed by atoms with E-state index in [2.05, 4.69) is 15.6 Å². The molecule has 0 spiro atoms. The van der Waals surface area contributed by atoms with Gasteiger partial charge in [0.15, 0.2) is 0 Å². The number of hydrogen-bond donors (Lipinski definition) is 2. The first-order valence-corrected chi connectivity index (χ1v) is 8.98. The highest BCUT2D eigenvalue weighted by Gasteiger charge is 2.15. The van der Waals surface area contributed by atoms with Gasteiger partial charge in [-0.2, -0.15) is 0 Å². The Balaban J connectivity index is 1.54. The van der Waals surface area contributed by atoms with Gasteiger partial charge in [0.05, 0.1) is 5.69 Å². The number of aryl methyl sites for hydroxylation is 1. The molecule has 2 heterocycles. The van der Waals surface area contributed by atoms with Gasteiger partial charge in [-0.1, -0.05) is 18.2 Å². The lowest BCUT2D eigenvalue weighted by Crippen LogP contribution is -2.13. The Kier molecular flexibility index (Phi) is 4.72. The molecule has 5 nitrogen and oxygen atoms in total. The van der Waals surface area contributed by atoms with Gasteiger partial charge in [-0.15, -0.1) is 0 Å². The maximum absolute atomic E-state index is 13.9. The lowest BCUT2D eigenvalue weighted by molar-refractivity contribution is 0.102. The second kappa shape index (κ2) is 7.35. The van der Waals surface area contributed by atoms with Crippen LogP contribution in [0, 0.1) is 18.6 Å². The van der Waals surface area contributed by atoms with Crippen molar-refractivity contribution in [3.05, 3.63) is 83.7 Å². The van der Waals surface area contributed by atoms with E-state index < -0.39 is 17.5 Å². The number of benzene rings is 2. The Bertz CT molecular complexity index is 1190. The van der Waals surface area contributed by atoms with Crippen LogP contribution in [-0.2, 0) is 0 Å². The number of halogens is 2. The molecule has 0 atom stereocenters. The van der Waals surface area contributed by atoms with E-state index in [1.807, 2.05) is 48.0 Å². The van der Waals surface area contributed by atoms with Crippen LogP contribution in [0.2, 0.25) is 0 Å². The van der Waals surface area contributed by atoms with Gasteiger partial charge in [-0.3, -0.25) is 4.79 Å². The fraction of sp³-hybridized carbons (Fsp3) is 0.0909. The molecular weight excluding hydrogens is 374 g/mol. The Morgan fingerprint density at radius 3 is 2.34 bits per heavy atom. The number of fused-ring (bicyclic) bond motifs is 1. The molecule has 2 N–H and O–H groups in total. The number of aromatic nitrogens is 2. The predicted molar refractivity (Wildman–Crippen MR) is 109 cm³/mol. The van der Waals surface area contributed by atoms with Crippen molar-refractivity contribution in [3.8, 4) is 11.3 Å². The second-order valence-electron chi connectivity index (χ2n) is 6.69. The van der Waals surface area contributed by atoms with Gasteiger partial charge in [0.2, 0.25) is 0 Å². The summed E-state index contributed by atoms with van der Waals surface area (Å²) in [6, 6.07) is 13.0. The van der Waals surface area contributed by atoms with Gasteiger partial charge in [0, 0.05) is 36.3 Å². The zero-order valence-corrected chi connectivity index (χ0v) is 15.8. The van der Waals surface area contributed by atoms with Gasteiger partial charge >= 0.3 is 0 Å². The largest absolute Gasteiger partial charge is 0.383 e. The Morgan fingerprint density at radius 1 is 1.00 bits per heavy atom. The normalized spacial score (nSPS) is 10.9. The molecule has 2 aromatic heterocycles. The molecule has 0 aliphatic rings. The molecule has 0 saturated heterocycles. The van der Waals surface area contributed by atoms with Crippen LogP contribution in [0.4, 0.5) is 20.2 Å². The van der Waals surface area contributed by atoms with Crippen molar-refractivity contribution in [2.75, 3.05) is 17.7 Å². The van der Waals surface area contributed by atoms with Gasteiger partial charge in [-0.25, -0.2) is 13.8 Å². The van der Waals surface area contributed by atoms with E-state index in [4.69, 9.17) is 0 Å². The van der Waals surface area contributed by atoms with Crippen LogP contribution in [0.25, 0.3) is 16.9 Å². The molecule has 29 heavy (non-hydrogen) atoms. The number of rotatable bonds is 4. The van der Waals surface area contributed by atoms with Gasteiger partial charge in [-0.05, 0) is 42.8 Å². The molecule has 0 bridgehead atoms. The van der Waals surface area contributed by atoms with Crippen LogP contribution in [0.15, 0.2) is 60.9 Å². The SMILES string of the molecule is CNc1c(F)cc(C(=O)Nc2ccc(-c3cn4cc(C)ccc4n3)cc2)cc1F. The molecule has 0 aliphatic heterocycles. The summed E-state index contributed by atoms with van der Waals surface area (Å²) in [5.41, 5.74) is 3.82. The van der Waals surface area contributed by atoms with Crippen molar-refractivity contribution in [3.63, 3.8) is 0 Å². The first-order valence-electron chi connectivity index (χ1n) is 8.98. The molecule has 0 unspecified atom stereocenters. The van der Waals surface area contributed by atoms with E-state index in [0.29, 0.717) is 5.69 Å². The van der Waals surface area contributed by atoms with Gasteiger partial charge in [0.1, 0.15) is 23.0 Å². The fourth-order valence-corrected chi connectivity index (χ4v) is 3.11. The van der Waals surface area contributed by atoms with Gasteiger partial charge in [0.25, 0.3) is 5.91 Å². The Hall–Kier alpha value is -3.74. The highest BCUT2D eigenvalue weighted by Crippen LogP contribution is 2.23. The van der Waals surface area contributed by atoms with Crippen LogP contribution >= 0.6 is 0 Å². The molecule has 1 amide bonds. The minimum atomic E-state index is -0.824. The topological polar surface area (TPSA) is 58.4 Å². The highest BCUT2D eigenvalue weighted by molar-refractivity contribution is 6.04. The minimum Gasteiger partial charge on any atom is -0.383 e. The number of imidazole rings is 1. The first-order chi connectivity index (χ1) is 13.9. The molecule has 0 radical (unpaired) electrons. The van der Waals surface area contributed by atoms with Gasteiger partial charge < -0.3 is 15.0 Å². The number of carbonyl (C=O) groups excluding carboxylic acids is 1. The zero-order chi connectivity index (χ0) is 20.5. The summed E-state index contributed by atoms with van der Waals surface area (Å²) in [6.45, 7) is 2.01. The number of carbonyl (C=O) groups is 1. The van der Waals surface area contributed by atoms with Crippen LogP contribution in [0.1, 0.15) is 15.9 Å². The third-order valence-electron chi connectivity index (χ3n) is 4.59. The van der Waals surface area contributed by atoms with Crippen LogP contribution in [-0.4, -0.2) is 22.3 Å². The van der Waals surface area contributed by atoms with E-state index in [0.717, 1.165) is 34.6 Å². The summed E-state index contributed by atoms with van der Waals surface area (Å²) in [7, 11) is 1.41. The fourth-order valence-electron chi connectivity index (χ4n) is 3.11. The average Bonchev–Trinajstić information content (AvgIpc) is 3.11. The summed E-state index contributed by atoms with van der Waals surface area (Å²) in [4.78, 5) is 16.9. The Morgan fingerprint density at radius 2 is 1.69 bits per heavy atom. The molecule has 7 heteroatoms. The summed E-state index contributed by atoms with van der Waals surface area (Å²) in [5.74, 6) is -2.24. The number of pyridine rings is 1. The van der Waals surface area contributed by atoms with Crippen molar-refractivity contribution >= 4 is 22.9 Å². The first kappa shape index (κ1) is 18.6. The predicted octanol–water partition coefficient (Wildman–Crippen LogP) is 4.88. The minimum absolute atomic E-state index is 0.0983. The standard InChI is InChI=1S/C22H18F2N4O/c1-13-3-8-20-27-19(12-28(20)11-13)14-4-6-16(7-5-14)26-22(29)15-9-17(23)21(25-2)18(24)10-15/h3-12,25H,1-2H3,(H,26,29). The number of nitrogens with one attached hydrogen (secondary N) is 2.